The summed E-state index contributed by atoms with van der Waals surface area (Å²) >= 11 is 0. The Morgan fingerprint density at radius 2 is 2.11 bits per heavy atom. The normalized spacial score (nSPS) is 18.4. The molecule has 104 valence electrons. The lowest BCUT2D eigenvalue weighted by Crippen LogP contribution is -2.50. The molecule has 0 aliphatic heterocycles. The van der Waals surface area contributed by atoms with Gasteiger partial charge < -0.3 is 15.8 Å². The molecule has 1 aliphatic rings. The van der Waals surface area contributed by atoms with Crippen LogP contribution in [0.2, 0.25) is 0 Å². The fourth-order valence-corrected chi connectivity index (χ4v) is 2.48. The quantitative estimate of drug-likeness (QED) is 0.815. The fourth-order valence-electron chi connectivity index (χ4n) is 2.48. The van der Waals surface area contributed by atoms with Gasteiger partial charge in [0.25, 0.3) is 0 Å². The zero-order valence-electron chi connectivity index (χ0n) is 11.4. The van der Waals surface area contributed by atoms with Crippen molar-refractivity contribution in [2.45, 2.75) is 30.8 Å². The summed E-state index contributed by atoms with van der Waals surface area (Å²) in [5.74, 6) is -0.299. The first-order valence-electron chi connectivity index (χ1n) is 6.79. The lowest BCUT2D eigenvalue weighted by molar-refractivity contribution is -0.126. The van der Waals surface area contributed by atoms with Crippen molar-refractivity contribution in [2.75, 3.05) is 20.2 Å². The number of rotatable bonds is 6. The maximum Gasteiger partial charge on any atom is 0.228 e. The second-order valence-electron chi connectivity index (χ2n) is 5.16. The Labute approximate surface area is 114 Å². The van der Waals surface area contributed by atoms with Crippen molar-refractivity contribution in [3.05, 3.63) is 35.9 Å². The molecule has 1 fully saturated rings. The van der Waals surface area contributed by atoms with E-state index in [-0.39, 0.29) is 17.4 Å². The Morgan fingerprint density at radius 3 is 2.58 bits per heavy atom. The van der Waals surface area contributed by atoms with Gasteiger partial charge in [-0.15, -0.1) is 0 Å². The maximum atomic E-state index is 12.2. The first-order chi connectivity index (χ1) is 9.21. The summed E-state index contributed by atoms with van der Waals surface area (Å²) in [6.07, 6.45) is 3.20. The van der Waals surface area contributed by atoms with Gasteiger partial charge in [0.1, 0.15) is 0 Å². The third kappa shape index (κ3) is 3.14. The molecule has 4 nitrogen and oxygen atoms in total. The van der Waals surface area contributed by atoms with Gasteiger partial charge in [-0.1, -0.05) is 30.3 Å². The minimum atomic E-state index is -0.282. The monoisotopic (exact) mass is 262 g/mol. The molecule has 0 radical (unpaired) electrons. The summed E-state index contributed by atoms with van der Waals surface area (Å²) in [5, 5.41) is 2.98. The Hall–Kier alpha value is -1.39. The zero-order valence-corrected chi connectivity index (χ0v) is 11.4. The van der Waals surface area contributed by atoms with Gasteiger partial charge in [0, 0.05) is 20.2 Å². The van der Waals surface area contributed by atoms with Gasteiger partial charge in [-0.2, -0.15) is 0 Å². The number of amides is 1. The largest absolute Gasteiger partial charge is 0.376 e. The highest BCUT2D eigenvalue weighted by Gasteiger charge is 2.37. The molecule has 1 unspecified atom stereocenters. The van der Waals surface area contributed by atoms with Gasteiger partial charge in [0.2, 0.25) is 5.91 Å². The van der Waals surface area contributed by atoms with Gasteiger partial charge in [0.05, 0.1) is 11.5 Å². The Morgan fingerprint density at radius 1 is 1.42 bits per heavy atom. The van der Waals surface area contributed by atoms with Crippen LogP contribution in [0.15, 0.2) is 30.3 Å². The topological polar surface area (TPSA) is 64.3 Å². The number of carbonyl (C=O) groups excluding carboxylic acids is 1. The summed E-state index contributed by atoms with van der Waals surface area (Å²) in [7, 11) is 1.71. The van der Waals surface area contributed by atoms with Crippen LogP contribution in [0.1, 0.15) is 30.7 Å². The van der Waals surface area contributed by atoms with Crippen LogP contribution in [0.4, 0.5) is 0 Å². The number of hydrogen-bond acceptors (Lipinski definition) is 3. The molecule has 0 spiro atoms. The highest BCUT2D eigenvalue weighted by Crippen LogP contribution is 2.34. The van der Waals surface area contributed by atoms with Crippen LogP contribution in [-0.4, -0.2) is 31.7 Å². The van der Waals surface area contributed by atoms with Crippen LogP contribution in [0, 0.1) is 0 Å². The number of hydrogen-bond donors (Lipinski definition) is 2. The molecule has 1 atom stereocenters. The Bertz CT molecular complexity index is 410. The molecular weight excluding hydrogens is 240 g/mol. The molecule has 0 heterocycles. The summed E-state index contributed by atoms with van der Waals surface area (Å²) in [5.41, 5.74) is 6.55. The van der Waals surface area contributed by atoms with Crippen molar-refractivity contribution < 1.29 is 9.53 Å². The average molecular weight is 262 g/mol. The predicted octanol–water partition coefficient (Wildman–Crippen LogP) is 1.41. The van der Waals surface area contributed by atoms with Gasteiger partial charge in [0.15, 0.2) is 0 Å². The minimum absolute atomic E-state index is 0.0166. The van der Waals surface area contributed by atoms with Crippen molar-refractivity contribution in [3.63, 3.8) is 0 Å². The molecule has 1 saturated carbocycles. The van der Waals surface area contributed by atoms with E-state index in [1.165, 1.54) is 6.42 Å². The number of ether oxygens (including phenoxy) is 1. The number of nitrogens with two attached hydrogens (primary N) is 1. The molecule has 1 amide bonds. The van der Waals surface area contributed by atoms with E-state index in [1.807, 2.05) is 30.3 Å². The second kappa shape index (κ2) is 6.17. The van der Waals surface area contributed by atoms with Crippen LogP contribution in [0.3, 0.4) is 0 Å². The van der Waals surface area contributed by atoms with E-state index < -0.39 is 0 Å². The van der Waals surface area contributed by atoms with E-state index in [0.29, 0.717) is 13.1 Å². The highest BCUT2D eigenvalue weighted by molar-refractivity contribution is 5.84. The molecule has 1 aromatic carbocycles. The SMILES string of the molecule is COC1(CNC(=O)C(CN)c2ccccc2)CCC1. The van der Waals surface area contributed by atoms with Crippen LogP contribution in [0.5, 0.6) is 0 Å². The summed E-state index contributed by atoms with van der Waals surface area (Å²) in [6.45, 7) is 0.890. The maximum absolute atomic E-state index is 12.2. The van der Waals surface area contributed by atoms with Crippen LogP contribution in [0.25, 0.3) is 0 Å². The van der Waals surface area contributed by atoms with Crippen molar-refractivity contribution >= 4 is 5.91 Å². The molecule has 4 heteroatoms. The number of methoxy groups -OCH3 is 1. The van der Waals surface area contributed by atoms with E-state index >= 15 is 0 Å². The van der Waals surface area contributed by atoms with Crippen molar-refractivity contribution in [1.29, 1.82) is 0 Å². The summed E-state index contributed by atoms with van der Waals surface area (Å²) in [4.78, 5) is 12.2. The molecule has 19 heavy (non-hydrogen) atoms. The van der Waals surface area contributed by atoms with Gasteiger partial charge in [-0.25, -0.2) is 0 Å². The van der Waals surface area contributed by atoms with Crippen LogP contribution >= 0.6 is 0 Å². The molecule has 1 aliphatic carbocycles. The van der Waals surface area contributed by atoms with E-state index in [9.17, 15) is 4.79 Å². The van der Waals surface area contributed by atoms with Crippen molar-refractivity contribution in [1.82, 2.24) is 5.32 Å². The molecule has 0 bridgehead atoms. The summed E-state index contributed by atoms with van der Waals surface area (Å²) < 4.78 is 5.50. The smallest absolute Gasteiger partial charge is 0.228 e. The number of nitrogens with one attached hydrogen (secondary N) is 1. The Balaban J connectivity index is 1.94. The van der Waals surface area contributed by atoms with E-state index in [0.717, 1.165) is 18.4 Å². The van der Waals surface area contributed by atoms with E-state index in [1.54, 1.807) is 7.11 Å². The highest BCUT2D eigenvalue weighted by atomic mass is 16.5. The van der Waals surface area contributed by atoms with E-state index in [4.69, 9.17) is 10.5 Å². The van der Waals surface area contributed by atoms with Gasteiger partial charge in [-0.05, 0) is 24.8 Å². The lowest BCUT2D eigenvalue weighted by Gasteiger charge is -2.40. The third-order valence-corrected chi connectivity index (χ3v) is 4.04. The number of carbonyl (C=O) groups is 1. The molecule has 1 aromatic rings. The predicted molar refractivity (Wildman–Crippen MR) is 74.8 cm³/mol. The van der Waals surface area contributed by atoms with Gasteiger partial charge in [-0.3, -0.25) is 4.79 Å². The van der Waals surface area contributed by atoms with Crippen molar-refractivity contribution in [3.8, 4) is 0 Å². The summed E-state index contributed by atoms with van der Waals surface area (Å²) in [6, 6.07) is 9.66. The minimum Gasteiger partial charge on any atom is -0.376 e. The van der Waals surface area contributed by atoms with Crippen molar-refractivity contribution in [2.24, 2.45) is 5.73 Å². The lowest BCUT2D eigenvalue weighted by atomic mass is 9.80. The molecule has 2 rings (SSSR count). The Kier molecular flexibility index (Phi) is 4.56. The molecule has 0 aromatic heterocycles. The standard InChI is InChI=1S/C15H22N2O2/c1-19-15(8-5-9-15)11-17-14(18)13(10-16)12-6-3-2-4-7-12/h2-4,6-7,13H,5,8-11,16H2,1H3,(H,17,18). The second-order valence-corrected chi connectivity index (χ2v) is 5.16. The first kappa shape index (κ1) is 14.0. The van der Waals surface area contributed by atoms with E-state index in [2.05, 4.69) is 5.32 Å². The first-order valence-corrected chi connectivity index (χ1v) is 6.79. The molecule has 3 N–H and O–H groups in total. The molecule has 0 saturated heterocycles. The fraction of sp³-hybridized carbons (Fsp3) is 0.533. The van der Waals surface area contributed by atoms with Gasteiger partial charge >= 0.3 is 0 Å². The van der Waals surface area contributed by atoms with Crippen LogP contribution < -0.4 is 11.1 Å². The third-order valence-electron chi connectivity index (χ3n) is 4.04. The number of benzene rings is 1. The zero-order chi connectivity index (χ0) is 13.7. The average Bonchev–Trinajstić information content (AvgIpc) is 2.40. The molecular formula is C15H22N2O2. The van der Waals surface area contributed by atoms with Crippen LogP contribution in [-0.2, 0) is 9.53 Å².